The Morgan fingerprint density at radius 3 is 2.32 bits per heavy atom. The molecule has 134 valence electrons. The van der Waals surface area contributed by atoms with E-state index in [1.807, 2.05) is 51.1 Å². The van der Waals surface area contributed by atoms with Crippen molar-refractivity contribution in [2.75, 3.05) is 19.5 Å². The molecule has 2 aromatic rings. The molecule has 6 heteroatoms. The minimum absolute atomic E-state index is 0.320. The summed E-state index contributed by atoms with van der Waals surface area (Å²) in [6, 6.07) is 10.6. The summed E-state index contributed by atoms with van der Waals surface area (Å²) in [4.78, 5) is 12.4. The van der Waals surface area contributed by atoms with E-state index in [4.69, 9.17) is 21.1 Å². The van der Waals surface area contributed by atoms with Gasteiger partial charge in [0.05, 0.1) is 19.8 Å². The van der Waals surface area contributed by atoms with E-state index in [-0.39, 0.29) is 6.03 Å². The number of hydrogen-bond donors (Lipinski definition) is 2. The number of hydrogen-bond acceptors (Lipinski definition) is 3. The van der Waals surface area contributed by atoms with Crippen LogP contribution in [0.15, 0.2) is 36.4 Å². The van der Waals surface area contributed by atoms with E-state index in [0.29, 0.717) is 22.2 Å². The second-order valence-electron chi connectivity index (χ2n) is 6.24. The third-order valence-corrected chi connectivity index (χ3v) is 4.37. The number of rotatable bonds is 5. The number of urea groups is 1. The lowest BCUT2D eigenvalue weighted by Crippen LogP contribution is -2.43. The summed E-state index contributed by atoms with van der Waals surface area (Å²) in [5.74, 6) is 1.25. The molecule has 5 nitrogen and oxygen atoms in total. The van der Waals surface area contributed by atoms with Crippen LogP contribution < -0.4 is 20.1 Å². The Morgan fingerprint density at radius 1 is 1.04 bits per heavy atom. The van der Waals surface area contributed by atoms with Gasteiger partial charge < -0.3 is 20.1 Å². The molecule has 0 aromatic heterocycles. The number of benzene rings is 2. The summed E-state index contributed by atoms with van der Waals surface area (Å²) in [7, 11) is 3.16. The fourth-order valence-corrected chi connectivity index (χ4v) is 2.59. The van der Waals surface area contributed by atoms with Crippen molar-refractivity contribution in [3.8, 4) is 11.5 Å². The molecule has 0 aliphatic carbocycles. The molecule has 0 spiro atoms. The van der Waals surface area contributed by atoms with Crippen LogP contribution in [-0.4, -0.2) is 20.3 Å². The Kier molecular flexibility index (Phi) is 5.80. The van der Waals surface area contributed by atoms with Crippen molar-refractivity contribution in [2.45, 2.75) is 26.3 Å². The van der Waals surface area contributed by atoms with E-state index >= 15 is 0 Å². The number of amides is 2. The van der Waals surface area contributed by atoms with Gasteiger partial charge in [-0.25, -0.2) is 4.79 Å². The summed E-state index contributed by atoms with van der Waals surface area (Å²) in [6.45, 7) is 5.73. The van der Waals surface area contributed by atoms with E-state index in [2.05, 4.69) is 10.6 Å². The Balaban J connectivity index is 2.14. The third-order valence-electron chi connectivity index (χ3n) is 3.96. The zero-order valence-electron chi connectivity index (χ0n) is 15.1. The highest BCUT2D eigenvalue weighted by molar-refractivity contribution is 6.31. The topological polar surface area (TPSA) is 59.6 Å². The van der Waals surface area contributed by atoms with Crippen LogP contribution >= 0.6 is 11.6 Å². The van der Waals surface area contributed by atoms with Crippen LogP contribution in [-0.2, 0) is 5.54 Å². The van der Waals surface area contributed by atoms with Gasteiger partial charge in [-0.3, -0.25) is 0 Å². The molecule has 0 unspecified atom stereocenters. The Bertz CT molecular complexity index is 775. The van der Waals surface area contributed by atoms with Crippen molar-refractivity contribution < 1.29 is 14.3 Å². The predicted octanol–water partition coefficient (Wildman–Crippen LogP) is 4.72. The van der Waals surface area contributed by atoms with Crippen molar-refractivity contribution in [2.24, 2.45) is 0 Å². The number of nitrogens with one attached hydrogen (secondary N) is 2. The van der Waals surface area contributed by atoms with E-state index in [9.17, 15) is 4.79 Å². The van der Waals surface area contributed by atoms with Crippen molar-refractivity contribution >= 4 is 23.3 Å². The number of methoxy groups -OCH3 is 2. The normalized spacial score (nSPS) is 11.0. The van der Waals surface area contributed by atoms with Gasteiger partial charge in [-0.2, -0.15) is 0 Å². The molecule has 0 aliphatic heterocycles. The summed E-state index contributed by atoms with van der Waals surface area (Å²) >= 11 is 6.09. The van der Waals surface area contributed by atoms with Gasteiger partial charge in [0.2, 0.25) is 0 Å². The van der Waals surface area contributed by atoms with Gasteiger partial charge in [0.15, 0.2) is 11.5 Å². The molecule has 0 saturated carbocycles. The van der Waals surface area contributed by atoms with Crippen LogP contribution in [0.2, 0.25) is 5.02 Å². The predicted molar refractivity (Wildman–Crippen MR) is 101 cm³/mol. The Labute approximate surface area is 153 Å². The molecule has 0 bridgehead atoms. The largest absolute Gasteiger partial charge is 0.493 e. The number of carbonyl (C=O) groups is 1. The maximum absolute atomic E-state index is 12.4. The van der Waals surface area contributed by atoms with Gasteiger partial charge in [-0.05, 0) is 56.2 Å². The second-order valence-corrected chi connectivity index (χ2v) is 6.65. The first-order valence-corrected chi connectivity index (χ1v) is 8.22. The number of anilines is 1. The van der Waals surface area contributed by atoms with Crippen LogP contribution in [0.3, 0.4) is 0 Å². The second kappa shape index (κ2) is 7.66. The van der Waals surface area contributed by atoms with Crippen LogP contribution in [0, 0.1) is 6.92 Å². The summed E-state index contributed by atoms with van der Waals surface area (Å²) in [6.07, 6.45) is 0. The molecule has 2 aromatic carbocycles. The van der Waals surface area contributed by atoms with Crippen LogP contribution in [0.1, 0.15) is 25.0 Å². The van der Waals surface area contributed by atoms with Gasteiger partial charge in [0.1, 0.15) is 0 Å². The molecule has 0 heterocycles. The first kappa shape index (κ1) is 18.9. The molecule has 0 atom stereocenters. The quantitative estimate of drug-likeness (QED) is 0.808. The number of carbonyl (C=O) groups excluding carboxylic acids is 1. The average molecular weight is 363 g/mol. The van der Waals surface area contributed by atoms with Crippen molar-refractivity contribution in [1.82, 2.24) is 5.32 Å². The van der Waals surface area contributed by atoms with E-state index in [1.54, 1.807) is 20.3 Å². The van der Waals surface area contributed by atoms with Gasteiger partial charge in [0.25, 0.3) is 0 Å². The molecular weight excluding hydrogens is 340 g/mol. The SMILES string of the molecule is COc1ccc(C(C)(C)NC(=O)Nc2ccc(C)c(Cl)c2)cc1OC. The maximum Gasteiger partial charge on any atom is 0.319 e. The van der Waals surface area contributed by atoms with Gasteiger partial charge in [-0.1, -0.05) is 23.7 Å². The lowest BCUT2D eigenvalue weighted by Gasteiger charge is -2.27. The fraction of sp³-hybridized carbons (Fsp3) is 0.316. The third kappa shape index (κ3) is 4.57. The number of ether oxygens (including phenoxy) is 2. The molecule has 2 amide bonds. The maximum atomic E-state index is 12.4. The minimum atomic E-state index is -0.613. The number of aryl methyl sites for hydroxylation is 1. The molecular formula is C19H23ClN2O3. The minimum Gasteiger partial charge on any atom is -0.493 e. The molecule has 2 rings (SSSR count). The van der Waals surface area contributed by atoms with Crippen molar-refractivity contribution in [3.05, 3.63) is 52.5 Å². The monoisotopic (exact) mass is 362 g/mol. The molecule has 2 N–H and O–H groups in total. The van der Waals surface area contributed by atoms with Gasteiger partial charge in [-0.15, -0.1) is 0 Å². The van der Waals surface area contributed by atoms with E-state index in [1.165, 1.54) is 0 Å². The van der Waals surface area contributed by atoms with Crippen molar-refractivity contribution in [1.29, 1.82) is 0 Å². The number of halogens is 1. The highest BCUT2D eigenvalue weighted by atomic mass is 35.5. The highest BCUT2D eigenvalue weighted by Gasteiger charge is 2.24. The summed E-state index contributed by atoms with van der Waals surface area (Å²) in [5.41, 5.74) is 1.87. The summed E-state index contributed by atoms with van der Waals surface area (Å²) < 4.78 is 10.6. The van der Waals surface area contributed by atoms with E-state index < -0.39 is 5.54 Å². The zero-order valence-corrected chi connectivity index (χ0v) is 15.8. The Morgan fingerprint density at radius 2 is 1.72 bits per heavy atom. The van der Waals surface area contributed by atoms with Crippen LogP contribution in [0.25, 0.3) is 0 Å². The lowest BCUT2D eigenvalue weighted by molar-refractivity contribution is 0.241. The van der Waals surface area contributed by atoms with Crippen LogP contribution in [0.5, 0.6) is 11.5 Å². The lowest BCUT2D eigenvalue weighted by atomic mass is 9.94. The molecule has 0 saturated heterocycles. The van der Waals surface area contributed by atoms with Crippen molar-refractivity contribution in [3.63, 3.8) is 0 Å². The van der Waals surface area contributed by atoms with E-state index in [0.717, 1.165) is 11.1 Å². The average Bonchev–Trinajstić information content (AvgIpc) is 2.56. The van der Waals surface area contributed by atoms with Gasteiger partial charge in [0, 0.05) is 10.7 Å². The van der Waals surface area contributed by atoms with Gasteiger partial charge >= 0.3 is 6.03 Å². The Hall–Kier alpha value is -2.40. The standard InChI is InChI=1S/C19H23ClN2O3/c1-12-6-8-14(11-15(12)20)21-18(23)22-19(2,3)13-7-9-16(24-4)17(10-13)25-5/h6-11H,1-5H3,(H2,21,22,23). The molecule has 0 radical (unpaired) electrons. The first-order chi connectivity index (χ1) is 11.8. The first-order valence-electron chi connectivity index (χ1n) is 7.84. The summed E-state index contributed by atoms with van der Waals surface area (Å²) in [5, 5.41) is 6.36. The molecule has 25 heavy (non-hydrogen) atoms. The molecule has 0 fully saturated rings. The highest BCUT2D eigenvalue weighted by Crippen LogP contribution is 2.32. The molecule has 0 aliphatic rings. The zero-order chi connectivity index (χ0) is 18.6. The van der Waals surface area contributed by atoms with Crippen LogP contribution in [0.4, 0.5) is 10.5 Å². The smallest absolute Gasteiger partial charge is 0.319 e. The fourth-order valence-electron chi connectivity index (χ4n) is 2.41.